The second-order valence-electron chi connectivity index (χ2n) is 10.4. The molecule has 0 radical (unpaired) electrons. The van der Waals surface area contributed by atoms with E-state index in [9.17, 15) is 20.4 Å². The minimum absolute atomic E-state index is 0.0736. The van der Waals surface area contributed by atoms with Crippen LogP contribution >= 0.6 is 0 Å². The minimum atomic E-state index is -0.958. The minimum Gasteiger partial charge on any atom is -0.394 e. The highest BCUT2D eigenvalue weighted by atomic mass is 16.6. The summed E-state index contributed by atoms with van der Waals surface area (Å²) in [6, 6.07) is 0. The van der Waals surface area contributed by atoms with E-state index < -0.39 is 49.0 Å². The monoisotopic (exact) mass is 528 g/mol. The normalized spacial score (nSPS) is 41.2. The summed E-state index contributed by atoms with van der Waals surface area (Å²) in [5, 5.41) is 82.1. The molecule has 9 N–H and O–H groups in total. The summed E-state index contributed by atoms with van der Waals surface area (Å²) in [5.41, 5.74) is 0. The number of aliphatic hydroxyl groups is 9. The average molecular weight is 529 g/mol. The molecule has 0 spiro atoms. The molecule has 3 aliphatic rings. The molecule has 0 aromatic carbocycles. The van der Waals surface area contributed by atoms with E-state index in [4.69, 9.17) is 39.7 Å². The van der Waals surface area contributed by atoms with Crippen molar-refractivity contribution in [3.8, 4) is 0 Å². The predicted molar refractivity (Wildman–Crippen MR) is 128 cm³/mol. The van der Waals surface area contributed by atoms with Crippen LogP contribution in [-0.4, -0.2) is 133 Å². The van der Waals surface area contributed by atoms with E-state index in [0.29, 0.717) is 19.3 Å². The molecule has 36 heavy (non-hydrogen) atoms. The molecular formula is C24H48O12. The number of ether oxygens (including phenoxy) is 3. The van der Waals surface area contributed by atoms with Crippen molar-refractivity contribution in [2.45, 2.75) is 121 Å². The van der Waals surface area contributed by atoms with Crippen LogP contribution in [0, 0.1) is 11.8 Å². The molecule has 11 atom stereocenters. The first-order chi connectivity index (χ1) is 16.8. The van der Waals surface area contributed by atoms with Gasteiger partial charge in [-0.3, -0.25) is 0 Å². The van der Waals surface area contributed by atoms with E-state index in [1.165, 1.54) is 0 Å². The van der Waals surface area contributed by atoms with Crippen molar-refractivity contribution in [1.29, 1.82) is 0 Å². The lowest BCUT2D eigenvalue weighted by Crippen LogP contribution is -2.51. The maximum atomic E-state index is 9.56. The van der Waals surface area contributed by atoms with Crippen molar-refractivity contribution in [2.24, 2.45) is 11.8 Å². The van der Waals surface area contributed by atoms with Gasteiger partial charge in [-0.25, -0.2) is 0 Å². The molecule has 12 heteroatoms. The molecule has 0 aliphatic carbocycles. The van der Waals surface area contributed by atoms with E-state index in [1.807, 2.05) is 27.7 Å². The Balaban J connectivity index is 0.000000273. The zero-order valence-corrected chi connectivity index (χ0v) is 21.7. The van der Waals surface area contributed by atoms with Crippen LogP contribution in [0.25, 0.3) is 0 Å². The highest BCUT2D eigenvalue weighted by molar-refractivity contribution is 4.87. The first kappa shape index (κ1) is 33.5. The molecule has 9 unspecified atom stereocenters. The second kappa shape index (κ2) is 16.5. The molecule has 3 heterocycles. The van der Waals surface area contributed by atoms with Crippen molar-refractivity contribution < 1.29 is 60.2 Å². The highest BCUT2D eigenvalue weighted by Crippen LogP contribution is 2.26. The van der Waals surface area contributed by atoms with Gasteiger partial charge in [-0.05, 0) is 11.8 Å². The Hall–Kier alpha value is -0.480. The summed E-state index contributed by atoms with van der Waals surface area (Å²) in [6.45, 7) is 7.32. The number of aliphatic hydroxyl groups excluding tert-OH is 9. The van der Waals surface area contributed by atoms with Crippen molar-refractivity contribution >= 4 is 0 Å². The molecule has 3 aliphatic heterocycles. The van der Waals surface area contributed by atoms with Crippen LogP contribution in [0.5, 0.6) is 0 Å². The third-order valence-corrected chi connectivity index (χ3v) is 6.53. The summed E-state index contributed by atoms with van der Waals surface area (Å²) in [6.07, 6.45) is -5.24. The van der Waals surface area contributed by atoms with Crippen LogP contribution in [-0.2, 0) is 14.2 Å². The molecule has 3 rings (SSSR count). The van der Waals surface area contributed by atoms with Gasteiger partial charge in [0.1, 0.15) is 18.3 Å². The summed E-state index contributed by atoms with van der Waals surface area (Å²) in [4.78, 5) is 0. The quantitative estimate of drug-likeness (QED) is 0.187. The molecule has 0 saturated carbocycles. The van der Waals surface area contributed by atoms with Gasteiger partial charge in [-0.1, -0.05) is 27.7 Å². The lowest BCUT2D eigenvalue weighted by atomic mass is 9.91. The Labute approximate surface area is 213 Å². The first-order valence-electron chi connectivity index (χ1n) is 12.7. The smallest absolute Gasteiger partial charge is 0.157 e. The van der Waals surface area contributed by atoms with Gasteiger partial charge in [0.05, 0.1) is 62.5 Å². The lowest BCUT2D eigenvalue weighted by molar-refractivity contribution is -0.197. The molecule has 216 valence electrons. The van der Waals surface area contributed by atoms with Gasteiger partial charge in [0, 0.05) is 25.7 Å². The Morgan fingerprint density at radius 3 is 1.64 bits per heavy atom. The SMILES string of the molecule is CC(C)C1CC(O)[C@H](O)C(CO)O1.CC(C)C1OC(CO)CC(O)[C@H]1O.OCC1CC(O)CC(O)O1. The van der Waals surface area contributed by atoms with Crippen LogP contribution in [0.2, 0.25) is 0 Å². The predicted octanol–water partition coefficient (Wildman–Crippen LogP) is -2.13. The fourth-order valence-corrected chi connectivity index (χ4v) is 4.30. The maximum absolute atomic E-state index is 9.56. The number of hydrogen-bond donors (Lipinski definition) is 9. The first-order valence-corrected chi connectivity index (χ1v) is 12.7. The van der Waals surface area contributed by atoms with E-state index in [0.717, 1.165) is 0 Å². The van der Waals surface area contributed by atoms with Crippen molar-refractivity contribution in [3.05, 3.63) is 0 Å². The number of hydrogen-bond acceptors (Lipinski definition) is 12. The summed E-state index contributed by atoms with van der Waals surface area (Å²) >= 11 is 0. The molecule has 3 fully saturated rings. The van der Waals surface area contributed by atoms with Gasteiger partial charge in [0.2, 0.25) is 0 Å². The molecule has 0 aromatic heterocycles. The standard InChI is InChI=1S/2C9H18O4.C6H12O4/c1-5(2)7-3-6(11)9(12)8(4-10)13-7;1-5(2)9-8(12)7(11)3-6(4-10)13-9;7-3-5-1-4(8)2-6(9)10-5/h2*5-12H,3-4H2,1-2H3;4-9H,1-3H2/t6?,7?,8?,9-;6?,7?,8-,9?;/m01./s1. The van der Waals surface area contributed by atoms with Crippen LogP contribution in [0.1, 0.15) is 53.4 Å². The second-order valence-corrected chi connectivity index (χ2v) is 10.4. The molecule has 0 amide bonds. The van der Waals surface area contributed by atoms with Gasteiger partial charge < -0.3 is 60.2 Å². The maximum Gasteiger partial charge on any atom is 0.157 e. The Bertz CT molecular complexity index is 569. The zero-order valence-electron chi connectivity index (χ0n) is 21.7. The third-order valence-electron chi connectivity index (χ3n) is 6.53. The van der Waals surface area contributed by atoms with Gasteiger partial charge in [0.25, 0.3) is 0 Å². The Morgan fingerprint density at radius 1 is 0.611 bits per heavy atom. The fraction of sp³-hybridized carbons (Fsp3) is 1.00. The van der Waals surface area contributed by atoms with Crippen molar-refractivity contribution in [1.82, 2.24) is 0 Å². The van der Waals surface area contributed by atoms with Crippen molar-refractivity contribution in [2.75, 3.05) is 19.8 Å². The average Bonchev–Trinajstić information content (AvgIpc) is 2.82. The molecule has 3 saturated heterocycles. The van der Waals surface area contributed by atoms with Crippen LogP contribution in [0.4, 0.5) is 0 Å². The zero-order chi connectivity index (χ0) is 27.6. The third kappa shape index (κ3) is 10.7. The van der Waals surface area contributed by atoms with Crippen molar-refractivity contribution in [3.63, 3.8) is 0 Å². The topological polar surface area (TPSA) is 210 Å². The van der Waals surface area contributed by atoms with Crippen LogP contribution in [0.15, 0.2) is 0 Å². The number of rotatable bonds is 5. The van der Waals surface area contributed by atoms with Crippen LogP contribution < -0.4 is 0 Å². The Morgan fingerprint density at radius 2 is 1.17 bits per heavy atom. The summed E-state index contributed by atoms with van der Waals surface area (Å²) in [5.74, 6) is 0.426. The van der Waals surface area contributed by atoms with E-state index in [-0.39, 0.29) is 56.4 Å². The Kier molecular flexibility index (Phi) is 15.4. The molecule has 0 bridgehead atoms. The molecular weight excluding hydrogens is 480 g/mol. The summed E-state index contributed by atoms with van der Waals surface area (Å²) < 4.78 is 15.7. The van der Waals surface area contributed by atoms with Gasteiger partial charge in [0.15, 0.2) is 6.29 Å². The molecule has 0 aromatic rings. The largest absolute Gasteiger partial charge is 0.394 e. The van der Waals surface area contributed by atoms with E-state index in [2.05, 4.69) is 0 Å². The van der Waals surface area contributed by atoms with E-state index in [1.54, 1.807) is 0 Å². The van der Waals surface area contributed by atoms with Gasteiger partial charge in [-0.15, -0.1) is 0 Å². The van der Waals surface area contributed by atoms with Crippen LogP contribution in [0.3, 0.4) is 0 Å². The lowest BCUT2D eigenvalue weighted by Gasteiger charge is -2.38. The fourth-order valence-electron chi connectivity index (χ4n) is 4.30. The van der Waals surface area contributed by atoms with Gasteiger partial charge >= 0.3 is 0 Å². The summed E-state index contributed by atoms with van der Waals surface area (Å²) in [7, 11) is 0. The van der Waals surface area contributed by atoms with Gasteiger partial charge in [-0.2, -0.15) is 0 Å². The molecule has 12 nitrogen and oxygen atoms in total. The highest BCUT2D eigenvalue weighted by Gasteiger charge is 2.38. The van der Waals surface area contributed by atoms with E-state index >= 15 is 0 Å².